The van der Waals surface area contributed by atoms with E-state index in [9.17, 15) is 0 Å². The van der Waals surface area contributed by atoms with E-state index in [1.54, 1.807) is 0 Å². The van der Waals surface area contributed by atoms with Crippen LogP contribution < -0.4 is 4.74 Å². The molecule has 0 fully saturated rings. The summed E-state index contributed by atoms with van der Waals surface area (Å²) >= 11 is 0. The normalized spacial score (nSPS) is 12.2. The van der Waals surface area contributed by atoms with E-state index >= 15 is 0 Å². The van der Waals surface area contributed by atoms with Crippen LogP contribution in [0.3, 0.4) is 0 Å². The monoisotopic (exact) mass is 232 g/mol. The summed E-state index contributed by atoms with van der Waals surface area (Å²) in [5.41, 5.74) is 4.07. The van der Waals surface area contributed by atoms with Gasteiger partial charge in [-0.3, -0.25) is 0 Å². The fourth-order valence-electron chi connectivity index (χ4n) is 2.29. The third-order valence-electron chi connectivity index (χ3n) is 3.46. The Hall–Kier alpha value is -1.24. The van der Waals surface area contributed by atoms with E-state index in [1.807, 2.05) is 13.0 Å². The van der Waals surface area contributed by atoms with Gasteiger partial charge in [-0.05, 0) is 62.3 Å². The molecular weight excluding hydrogens is 208 g/mol. The molecule has 17 heavy (non-hydrogen) atoms. The summed E-state index contributed by atoms with van der Waals surface area (Å²) in [6, 6.07) is 4.32. The summed E-state index contributed by atoms with van der Waals surface area (Å²) in [6.45, 7) is 13.2. The van der Waals surface area contributed by atoms with Crippen molar-refractivity contribution in [3.05, 3.63) is 41.5 Å². The average molecular weight is 232 g/mol. The van der Waals surface area contributed by atoms with Crippen molar-refractivity contribution in [3.8, 4) is 5.75 Å². The molecule has 1 heteroatoms. The van der Waals surface area contributed by atoms with Gasteiger partial charge in [-0.15, -0.1) is 6.58 Å². The number of ether oxygens (including phenoxy) is 1. The van der Waals surface area contributed by atoms with Crippen molar-refractivity contribution in [3.63, 3.8) is 0 Å². The van der Waals surface area contributed by atoms with Crippen LogP contribution in [0.25, 0.3) is 0 Å². The second-order valence-corrected chi connectivity index (χ2v) is 4.47. The second kappa shape index (κ2) is 6.48. The second-order valence-electron chi connectivity index (χ2n) is 4.47. The van der Waals surface area contributed by atoms with E-state index in [-0.39, 0.29) is 0 Å². The van der Waals surface area contributed by atoms with E-state index < -0.39 is 0 Å². The van der Waals surface area contributed by atoms with E-state index in [0.717, 1.165) is 25.2 Å². The lowest BCUT2D eigenvalue weighted by Crippen LogP contribution is -2.03. The van der Waals surface area contributed by atoms with Crippen LogP contribution in [-0.4, -0.2) is 6.61 Å². The van der Waals surface area contributed by atoms with Gasteiger partial charge in [0.25, 0.3) is 0 Å². The molecule has 0 aliphatic heterocycles. The lowest BCUT2D eigenvalue weighted by atomic mass is 9.88. The van der Waals surface area contributed by atoms with Gasteiger partial charge < -0.3 is 4.74 Å². The third kappa shape index (κ3) is 3.12. The van der Waals surface area contributed by atoms with Gasteiger partial charge >= 0.3 is 0 Å². The molecule has 0 aromatic heterocycles. The Kier molecular flexibility index (Phi) is 5.27. The van der Waals surface area contributed by atoms with Crippen molar-refractivity contribution < 1.29 is 4.74 Å². The average Bonchev–Trinajstić information content (AvgIpc) is 2.33. The maximum atomic E-state index is 5.63. The maximum Gasteiger partial charge on any atom is 0.122 e. The molecule has 1 aromatic carbocycles. The third-order valence-corrected chi connectivity index (χ3v) is 3.46. The summed E-state index contributed by atoms with van der Waals surface area (Å²) in [5, 5.41) is 0. The van der Waals surface area contributed by atoms with Crippen LogP contribution in [0.15, 0.2) is 24.8 Å². The molecule has 1 atom stereocenters. The lowest BCUT2D eigenvalue weighted by molar-refractivity contribution is 0.337. The minimum absolute atomic E-state index is 0.585. The van der Waals surface area contributed by atoms with Crippen molar-refractivity contribution in [1.82, 2.24) is 0 Å². The molecule has 0 saturated heterocycles. The minimum Gasteiger partial charge on any atom is -0.494 e. The zero-order chi connectivity index (χ0) is 12.8. The summed E-state index contributed by atoms with van der Waals surface area (Å²) in [7, 11) is 0. The van der Waals surface area contributed by atoms with Crippen molar-refractivity contribution in [1.29, 1.82) is 0 Å². The molecule has 0 radical (unpaired) electrons. The molecule has 1 aromatic rings. The van der Waals surface area contributed by atoms with Crippen molar-refractivity contribution in [2.45, 2.75) is 46.5 Å². The van der Waals surface area contributed by atoms with E-state index in [4.69, 9.17) is 4.74 Å². The Morgan fingerprint density at radius 2 is 1.94 bits per heavy atom. The SMILES string of the molecule is C=CCC(CC)c1ccc(OCC)c(C)c1C. The largest absolute Gasteiger partial charge is 0.494 e. The highest BCUT2D eigenvalue weighted by Crippen LogP contribution is 2.32. The van der Waals surface area contributed by atoms with Gasteiger partial charge in [0.15, 0.2) is 0 Å². The smallest absolute Gasteiger partial charge is 0.122 e. The fraction of sp³-hybridized carbons (Fsp3) is 0.500. The van der Waals surface area contributed by atoms with Crippen LogP contribution in [0.5, 0.6) is 5.75 Å². The number of allylic oxidation sites excluding steroid dienone is 1. The first-order valence-corrected chi connectivity index (χ1v) is 6.49. The fourth-order valence-corrected chi connectivity index (χ4v) is 2.29. The molecule has 0 bridgehead atoms. The van der Waals surface area contributed by atoms with E-state index in [0.29, 0.717) is 5.92 Å². The standard InChI is InChI=1S/C16H24O/c1-6-9-14(7-2)15-10-11-16(17-8-3)13(5)12(15)4/h6,10-11,14H,1,7-9H2,2-5H3. The van der Waals surface area contributed by atoms with Gasteiger partial charge in [0.2, 0.25) is 0 Å². The van der Waals surface area contributed by atoms with Crippen molar-refractivity contribution in [2.75, 3.05) is 6.61 Å². The van der Waals surface area contributed by atoms with Crippen LogP contribution in [0.2, 0.25) is 0 Å². The molecule has 0 aliphatic rings. The molecule has 1 unspecified atom stereocenters. The first kappa shape index (κ1) is 13.8. The van der Waals surface area contributed by atoms with Gasteiger partial charge in [0.1, 0.15) is 5.75 Å². The summed E-state index contributed by atoms with van der Waals surface area (Å²) in [4.78, 5) is 0. The Balaban J connectivity index is 3.09. The highest BCUT2D eigenvalue weighted by atomic mass is 16.5. The molecule has 0 saturated carbocycles. The van der Waals surface area contributed by atoms with Gasteiger partial charge in [-0.25, -0.2) is 0 Å². The van der Waals surface area contributed by atoms with E-state index in [2.05, 4.69) is 39.5 Å². The predicted octanol–water partition coefficient (Wildman–Crippen LogP) is 4.77. The van der Waals surface area contributed by atoms with Crippen LogP contribution in [-0.2, 0) is 0 Å². The lowest BCUT2D eigenvalue weighted by Gasteiger charge is -2.19. The topological polar surface area (TPSA) is 9.23 Å². The molecule has 0 N–H and O–H groups in total. The summed E-state index contributed by atoms with van der Waals surface area (Å²) in [5.74, 6) is 1.60. The number of benzene rings is 1. The highest BCUT2D eigenvalue weighted by Gasteiger charge is 2.13. The Labute approximate surface area is 106 Å². The predicted molar refractivity (Wildman–Crippen MR) is 74.9 cm³/mol. The first-order chi connectivity index (χ1) is 8.15. The van der Waals surface area contributed by atoms with Crippen LogP contribution in [0.4, 0.5) is 0 Å². The van der Waals surface area contributed by atoms with Gasteiger partial charge in [0, 0.05) is 0 Å². The van der Waals surface area contributed by atoms with E-state index in [1.165, 1.54) is 16.7 Å². The number of hydrogen-bond acceptors (Lipinski definition) is 1. The molecule has 1 nitrogen and oxygen atoms in total. The van der Waals surface area contributed by atoms with Gasteiger partial charge in [-0.1, -0.05) is 19.1 Å². The van der Waals surface area contributed by atoms with Crippen LogP contribution in [0, 0.1) is 13.8 Å². The first-order valence-electron chi connectivity index (χ1n) is 6.49. The van der Waals surface area contributed by atoms with Crippen molar-refractivity contribution >= 4 is 0 Å². The minimum atomic E-state index is 0.585. The quantitative estimate of drug-likeness (QED) is 0.642. The van der Waals surface area contributed by atoms with Crippen molar-refractivity contribution in [2.24, 2.45) is 0 Å². The van der Waals surface area contributed by atoms with Crippen LogP contribution >= 0.6 is 0 Å². The number of hydrogen-bond donors (Lipinski definition) is 0. The zero-order valence-corrected chi connectivity index (χ0v) is 11.5. The van der Waals surface area contributed by atoms with Gasteiger partial charge in [0.05, 0.1) is 6.61 Å². The number of rotatable bonds is 6. The molecule has 1 rings (SSSR count). The Morgan fingerprint density at radius 1 is 1.24 bits per heavy atom. The Morgan fingerprint density at radius 3 is 2.47 bits per heavy atom. The molecular formula is C16H24O. The molecule has 0 aliphatic carbocycles. The van der Waals surface area contributed by atoms with Gasteiger partial charge in [-0.2, -0.15) is 0 Å². The summed E-state index contributed by atoms with van der Waals surface area (Å²) < 4.78 is 5.63. The van der Waals surface area contributed by atoms with Crippen LogP contribution in [0.1, 0.15) is 49.3 Å². The Bertz CT molecular complexity index is 379. The zero-order valence-electron chi connectivity index (χ0n) is 11.5. The molecule has 94 valence electrons. The summed E-state index contributed by atoms with van der Waals surface area (Å²) in [6.07, 6.45) is 4.21. The molecule has 0 amide bonds. The highest BCUT2D eigenvalue weighted by molar-refractivity contribution is 5.45. The molecule has 0 heterocycles. The molecule has 0 spiro atoms. The maximum absolute atomic E-state index is 5.63.